The molecule has 0 unspecified atom stereocenters. The van der Waals surface area contributed by atoms with Crippen LogP contribution in [0.1, 0.15) is 34.5 Å². The maximum Gasteiger partial charge on any atom is 0.193 e. The van der Waals surface area contributed by atoms with Crippen molar-refractivity contribution in [3.63, 3.8) is 0 Å². The van der Waals surface area contributed by atoms with Gasteiger partial charge in [0.1, 0.15) is 17.2 Å². The normalized spacial score (nSPS) is 16.3. The molecule has 1 saturated heterocycles. The number of H-pyrrole nitrogens is 1. The van der Waals surface area contributed by atoms with E-state index in [0.29, 0.717) is 5.92 Å². The van der Waals surface area contributed by atoms with E-state index >= 15 is 0 Å². The first-order valence-electron chi connectivity index (χ1n) is 7.48. The van der Waals surface area contributed by atoms with Crippen molar-refractivity contribution in [1.82, 2.24) is 30.4 Å². The first kappa shape index (κ1) is 18.1. The topological polar surface area (TPSA) is 82.1 Å². The number of halogens is 1. The van der Waals surface area contributed by atoms with Crippen LogP contribution in [0.5, 0.6) is 0 Å². The standard InChI is InChI=1S/C14H21N7S.HI/c1-10-7-16-12(22-10)8-17-14(15-2)21-5-3-11(4-6-21)13-18-9-19-20-13;/h7,9,11H,3-6,8H2,1-2H3,(H,15,17)(H,18,19,20);1H. The molecule has 0 atom stereocenters. The van der Waals surface area contributed by atoms with Crippen LogP contribution in [0.3, 0.4) is 0 Å². The fourth-order valence-electron chi connectivity index (χ4n) is 2.75. The lowest BCUT2D eigenvalue weighted by Crippen LogP contribution is -2.45. The predicted octanol–water partition coefficient (Wildman–Crippen LogP) is 2.14. The number of aliphatic imine (C=N–C) groups is 1. The SMILES string of the molecule is CN=C(NCc1ncc(C)s1)N1CCC(c2ncn[nH]2)CC1.I. The molecule has 126 valence electrons. The van der Waals surface area contributed by atoms with Crippen LogP contribution in [-0.2, 0) is 6.54 Å². The van der Waals surface area contributed by atoms with Gasteiger partial charge in [-0.05, 0) is 19.8 Å². The summed E-state index contributed by atoms with van der Waals surface area (Å²) in [5, 5.41) is 11.4. The maximum absolute atomic E-state index is 4.39. The molecular formula is C14H22IN7S. The fourth-order valence-corrected chi connectivity index (χ4v) is 3.47. The summed E-state index contributed by atoms with van der Waals surface area (Å²) in [5.74, 6) is 2.42. The number of aromatic nitrogens is 4. The van der Waals surface area contributed by atoms with Crippen LogP contribution in [-0.4, -0.2) is 51.2 Å². The van der Waals surface area contributed by atoms with Crippen LogP contribution < -0.4 is 5.32 Å². The van der Waals surface area contributed by atoms with Crippen molar-refractivity contribution in [2.24, 2.45) is 4.99 Å². The summed E-state index contributed by atoms with van der Waals surface area (Å²) in [6.45, 7) is 4.75. The maximum atomic E-state index is 4.39. The van der Waals surface area contributed by atoms with Crippen LogP contribution in [0.2, 0.25) is 0 Å². The summed E-state index contributed by atoms with van der Waals surface area (Å²) in [6, 6.07) is 0. The van der Waals surface area contributed by atoms with Gasteiger partial charge in [0.15, 0.2) is 5.96 Å². The number of piperidine rings is 1. The van der Waals surface area contributed by atoms with Crippen LogP contribution in [0, 0.1) is 6.92 Å². The Labute approximate surface area is 157 Å². The lowest BCUT2D eigenvalue weighted by Gasteiger charge is -2.33. The Morgan fingerprint density at radius 2 is 2.22 bits per heavy atom. The predicted molar refractivity (Wildman–Crippen MR) is 102 cm³/mol. The molecule has 23 heavy (non-hydrogen) atoms. The lowest BCUT2D eigenvalue weighted by molar-refractivity contribution is 0.299. The summed E-state index contributed by atoms with van der Waals surface area (Å²) >= 11 is 1.72. The van der Waals surface area contributed by atoms with Crippen molar-refractivity contribution >= 4 is 41.3 Å². The number of hydrogen-bond acceptors (Lipinski definition) is 5. The van der Waals surface area contributed by atoms with Gasteiger partial charge in [0.25, 0.3) is 0 Å². The van der Waals surface area contributed by atoms with Crippen molar-refractivity contribution < 1.29 is 0 Å². The van der Waals surface area contributed by atoms with E-state index in [9.17, 15) is 0 Å². The highest BCUT2D eigenvalue weighted by Gasteiger charge is 2.24. The fraction of sp³-hybridized carbons (Fsp3) is 0.571. The monoisotopic (exact) mass is 447 g/mol. The Balaban J connectivity index is 0.00000192. The van der Waals surface area contributed by atoms with Crippen molar-refractivity contribution in [2.75, 3.05) is 20.1 Å². The molecule has 9 heteroatoms. The van der Waals surface area contributed by atoms with Crippen LogP contribution in [0.25, 0.3) is 0 Å². The zero-order chi connectivity index (χ0) is 15.4. The number of thiazole rings is 1. The smallest absolute Gasteiger partial charge is 0.193 e. The molecule has 0 bridgehead atoms. The molecule has 1 aliphatic heterocycles. The second-order valence-corrected chi connectivity index (χ2v) is 6.72. The molecule has 1 aliphatic rings. The van der Waals surface area contributed by atoms with Gasteiger partial charge in [0.2, 0.25) is 0 Å². The van der Waals surface area contributed by atoms with E-state index < -0.39 is 0 Å². The summed E-state index contributed by atoms with van der Waals surface area (Å²) in [6.07, 6.45) is 5.62. The molecule has 7 nitrogen and oxygen atoms in total. The quantitative estimate of drug-likeness (QED) is 0.428. The van der Waals surface area contributed by atoms with Crippen molar-refractivity contribution in [1.29, 1.82) is 0 Å². The Kier molecular flexibility index (Phi) is 6.75. The molecule has 0 amide bonds. The van der Waals surface area contributed by atoms with Gasteiger partial charge in [-0.15, -0.1) is 35.3 Å². The third-order valence-electron chi connectivity index (χ3n) is 3.89. The average molecular weight is 447 g/mol. The molecule has 3 rings (SSSR count). The van der Waals surface area contributed by atoms with E-state index in [0.717, 1.165) is 49.3 Å². The molecule has 2 N–H and O–H groups in total. The second-order valence-electron chi connectivity index (χ2n) is 5.40. The highest BCUT2D eigenvalue weighted by atomic mass is 127. The van der Waals surface area contributed by atoms with Gasteiger partial charge in [-0.2, -0.15) is 5.10 Å². The molecule has 0 radical (unpaired) electrons. The number of nitrogens with zero attached hydrogens (tertiary/aromatic N) is 5. The molecular weight excluding hydrogens is 425 g/mol. The highest BCUT2D eigenvalue weighted by molar-refractivity contribution is 14.0. The Bertz CT molecular complexity index is 617. The largest absolute Gasteiger partial charge is 0.350 e. The van der Waals surface area contributed by atoms with E-state index in [1.807, 2.05) is 13.2 Å². The third kappa shape index (κ3) is 4.63. The van der Waals surface area contributed by atoms with Gasteiger partial charge in [-0.1, -0.05) is 0 Å². The third-order valence-corrected chi connectivity index (χ3v) is 4.81. The van der Waals surface area contributed by atoms with Crippen LogP contribution in [0.15, 0.2) is 17.5 Å². The number of aryl methyl sites for hydroxylation is 1. The first-order valence-corrected chi connectivity index (χ1v) is 8.30. The highest BCUT2D eigenvalue weighted by Crippen LogP contribution is 2.24. The van der Waals surface area contributed by atoms with Gasteiger partial charge in [0, 0.05) is 37.1 Å². The van der Waals surface area contributed by atoms with Gasteiger partial charge in [-0.3, -0.25) is 10.1 Å². The minimum Gasteiger partial charge on any atom is -0.350 e. The zero-order valence-corrected chi connectivity index (χ0v) is 16.5. The van der Waals surface area contributed by atoms with E-state index in [2.05, 4.69) is 42.3 Å². The molecule has 2 aromatic heterocycles. The first-order chi connectivity index (χ1) is 10.8. The summed E-state index contributed by atoms with van der Waals surface area (Å²) in [5.41, 5.74) is 0. The number of nitrogens with one attached hydrogen (secondary N) is 2. The molecule has 0 spiro atoms. The summed E-state index contributed by atoms with van der Waals surface area (Å²) in [4.78, 5) is 16.6. The molecule has 1 fully saturated rings. The zero-order valence-electron chi connectivity index (χ0n) is 13.3. The van der Waals surface area contributed by atoms with Crippen molar-refractivity contribution in [2.45, 2.75) is 32.2 Å². The average Bonchev–Trinajstić information content (AvgIpc) is 3.20. The van der Waals surface area contributed by atoms with E-state index in [1.165, 1.54) is 4.88 Å². The molecule has 3 heterocycles. The Morgan fingerprint density at radius 3 is 2.78 bits per heavy atom. The number of aromatic amines is 1. The molecule has 0 aromatic carbocycles. The molecule has 2 aromatic rings. The minimum atomic E-state index is 0. The Morgan fingerprint density at radius 1 is 1.43 bits per heavy atom. The second kappa shape index (κ2) is 8.57. The number of guanidine groups is 1. The lowest BCUT2D eigenvalue weighted by atomic mass is 9.96. The molecule has 0 aliphatic carbocycles. The van der Waals surface area contributed by atoms with Gasteiger partial charge >= 0.3 is 0 Å². The van der Waals surface area contributed by atoms with Crippen molar-refractivity contribution in [3.8, 4) is 0 Å². The summed E-state index contributed by atoms with van der Waals surface area (Å²) in [7, 11) is 1.83. The van der Waals surface area contributed by atoms with E-state index in [1.54, 1.807) is 17.7 Å². The van der Waals surface area contributed by atoms with Gasteiger partial charge in [-0.25, -0.2) is 9.97 Å². The van der Waals surface area contributed by atoms with Crippen LogP contribution >= 0.6 is 35.3 Å². The number of hydrogen-bond donors (Lipinski definition) is 2. The van der Waals surface area contributed by atoms with E-state index in [-0.39, 0.29) is 24.0 Å². The molecule has 0 saturated carbocycles. The number of likely N-dealkylation sites (tertiary alicyclic amines) is 1. The Hall–Kier alpha value is -1.23. The minimum absolute atomic E-state index is 0. The van der Waals surface area contributed by atoms with Crippen molar-refractivity contribution in [3.05, 3.63) is 28.2 Å². The number of rotatable bonds is 3. The van der Waals surface area contributed by atoms with Gasteiger partial charge in [0.05, 0.1) is 6.54 Å². The van der Waals surface area contributed by atoms with Crippen LogP contribution in [0.4, 0.5) is 0 Å². The van der Waals surface area contributed by atoms with Gasteiger partial charge < -0.3 is 10.2 Å². The summed E-state index contributed by atoms with van der Waals surface area (Å²) < 4.78 is 0. The van der Waals surface area contributed by atoms with E-state index in [4.69, 9.17) is 0 Å².